The largest absolute Gasteiger partial charge is 0.497 e. The molecule has 0 aliphatic carbocycles. The van der Waals surface area contributed by atoms with E-state index in [0.717, 1.165) is 48.6 Å². The number of carboxylic acid groups (broad SMARTS) is 1. The third-order valence-electron chi connectivity index (χ3n) is 5.53. The predicted octanol–water partition coefficient (Wildman–Crippen LogP) is 5.05. The van der Waals surface area contributed by atoms with Crippen molar-refractivity contribution in [3.05, 3.63) is 54.2 Å². The fourth-order valence-electron chi connectivity index (χ4n) is 3.50. The van der Waals surface area contributed by atoms with Gasteiger partial charge in [-0.1, -0.05) is 0 Å². The summed E-state index contributed by atoms with van der Waals surface area (Å²) in [6, 6.07) is 13.5. The van der Waals surface area contributed by atoms with E-state index in [1.165, 1.54) is 0 Å². The van der Waals surface area contributed by atoms with Crippen molar-refractivity contribution in [2.45, 2.75) is 32.0 Å². The predicted molar refractivity (Wildman–Crippen MR) is 140 cm³/mol. The van der Waals surface area contributed by atoms with Crippen LogP contribution in [0.5, 0.6) is 17.2 Å². The quantitative estimate of drug-likeness (QED) is 0.303. The van der Waals surface area contributed by atoms with Crippen LogP contribution in [-0.2, 0) is 4.79 Å². The molecule has 0 radical (unpaired) electrons. The monoisotopic (exact) mass is 549 g/mol. The fourth-order valence-corrected chi connectivity index (χ4v) is 3.50. The number of aliphatic carboxylic acids is 1. The topological polar surface area (TPSA) is 127 Å². The highest BCUT2D eigenvalue weighted by Gasteiger charge is 2.38. The molecule has 1 aliphatic heterocycles. The first-order valence-corrected chi connectivity index (χ1v) is 12.0. The van der Waals surface area contributed by atoms with Gasteiger partial charge in [0.05, 0.1) is 14.2 Å². The smallest absolute Gasteiger partial charge is 0.490 e. The number of anilines is 4. The minimum Gasteiger partial charge on any atom is -0.497 e. The molecule has 1 aliphatic rings. The Morgan fingerprint density at radius 3 is 2.10 bits per heavy atom. The number of halogens is 3. The summed E-state index contributed by atoms with van der Waals surface area (Å²) in [5, 5.41) is 17.1. The maximum atomic E-state index is 10.6. The van der Waals surface area contributed by atoms with E-state index in [0.29, 0.717) is 23.3 Å². The van der Waals surface area contributed by atoms with Crippen molar-refractivity contribution in [3.63, 3.8) is 0 Å². The number of aryl methyl sites for hydroxylation is 1. The summed E-state index contributed by atoms with van der Waals surface area (Å²) in [5.74, 6) is 0.713. The number of nitrogens with one attached hydrogen (secondary N) is 3. The molecule has 2 heterocycles. The van der Waals surface area contributed by atoms with Gasteiger partial charge in [-0.3, -0.25) is 0 Å². The third kappa shape index (κ3) is 9.21. The van der Waals surface area contributed by atoms with E-state index in [1.807, 2.05) is 49.4 Å². The average molecular weight is 550 g/mol. The molecule has 0 atom stereocenters. The molecule has 4 N–H and O–H groups in total. The van der Waals surface area contributed by atoms with Gasteiger partial charge in [-0.2, -0.15) is 18.2 Å². The number of hydrogen-bond donors (Lipinski definition) is 4. The summed E-state index contributed by atoms with van der Waals surface area (Å²) in [5.41, 5.74) is 2.62. The number of rotatable bonds is 8. The summed E-state index contributed by atoms with van der Waals surface area (Å²) < 4.78 is 48.5. The van der Waals surface area contributed by atoms with Gasteiger partial charge in [0.25, 0.3) is 0 Å². The minimum atomic E-state index is -5.08. The molecule has 0 bridgehead atoms. The SMILES string of the molecule is COc1cc(Nc2nc(Nc3ccc(OC4CCNCC4)cc3)ncc2C)cc(OC)c1.O=C(O)C(F)(F)F. The molecule has 210 valence electrons. The van der Waals surface area contributed by atoms with E-state index in [-0.39, 0.29) is 6.10 Å². The highest BCUT2D eigenvalue weighted by atomic mass is 19.4. The number of hydrogen-bond acceptors (Lipinski definition) is 9. The fraction of sp³-hybridized carbons (Fsp3) is 0.346. The minimum absolute atomic E-state index is 0.277. The second-order valence-electron chi connectivity index (χ2n) is 8.47. The van der Waals surface area contributed by atoms with Crippen LogP contribution in [0.4, 0.5) is 36.3 Å². The summed E-state index contributed by atoms with van der Waals surface area (Å²) >= 11 is 0. The van der Waals surface area contributed by atoms with Gasteiger partial charge in [0.15, 0.2) is 0 Å². The summed E-state index contributed by atoms with van der Waals surface area (Å²) in [6.45, 7) is 3.97. The highest BCUT2D eigenvalue weighted by molar-refractivity contribution is 5.73. The number of carboxylic acids is 1. The summed E-state index contributed by atoms with van der Waals surface area (Å²) in [7, 11) is 3.25. The molecule has 2 aromatic carbocycles. The van der Waals surface area contributed by atoms with Gasteiger partial charge < -0.3 is 35.3 Å². The number of alkyl halides is 3. The molecular formula is C26H30F3N5O5. The van der Waals surface area contributed by atoms with Crippen molar-refractivity contribution in [2.24, 2.45) is 0 Å². The van der Waals surface area contributed by atoms with Gasteiger partial charge in [-0.25, -0.2) is 9.78 Å². The number of ether oxygens (including phenoxy) is 3. The first kappa shape index (κ1) is 29.3. The number of benzene rings is 2. The lowest BCUT2D eigenvalue weighted by Crippen LogP contribution is -2.34. The number of piperidine rings is 1. The normalized spacial score (nSPS) is 13.5. The first-order valence-electron chi connectivity index (χ1n) is 12.0. The molecule has 1 saturated heterocycles. The van der Waals surface area contributed by atoms with Crippen molar-refractivity contribution in [1.29, 1.82) is 0 Å². The standard InChI is InChI=1S/C24H29N5O3.C2HF3O2/c1-16-15-26-24(29-23(16)27-18-12-21(30-2)14-22(13-18)31-3)28-17-4-6-19(7-5-17)32-20-8-10-25-11-9-20;3-2(4,5)1(6)7/h4-7,12-15,20,25H,8-11H2,1-3H3,(H2,26,27,28,29);(H,6,7). The second-order valence-corrected chi connectivity index (χ2v) is 8.47. The van der Waals surface area contributed by atoms with Crippen LogP contribution in [0.25, 0.3) is 0 Å². The molecule has 4 rings (SSSR count). The van der Waals surface area contributed by atoms with Crippen molar-refractivity contribution >= 4 is 29.1 Å². The van der Waals surface area contributed by atoms with E-state index in [4.69, 9.17) is 24.1 Å². The van der Waals surface area contributed by atoms with E-state index < -0.39 is 12.1 Å². The zero-order valence-corrected chi connectivity index (χ0v) is 21.6. The number of nitrogens with zero attached hydrogens (tertiary/aromatic N) is 2. The molecule has 1 fully saturated rings. The van der Waals surface area contributed by atoms with Crippen LogP contribution < -0.4 is 30.2 Å². The van der Waals surface area contributed by atoms with Gasteiger partial charge in [0, 0.05) is 41.3 Å². The molecular weight excluding hydrogens is 519 g/mol. The van der Waals surface area contributed by atoms with E-state index >= 15 is 0 Å². The van der Waals surface area contributed by atoms with Crippen LogP contribution in [0.1, 0.15) is 18.4 Å². The Kier molecular flexibility index (Phi) is 10.1. The van der Waals surface area contributed by atoms with Crippen LogP contribution in [0.3, 0.4) is 0 Å². The molecule has 0 spiro atoms. The van der Waals surface area contributed by atoms with Crippen molar-refractivity contribution in [3.8, 4) is 17.2 Å². The Labute approximate surface area is 223 Å². The molecule has 13 heteroatoms. The Bertz CT molecular complexity index is 1210. The zero-order chi connectivity index (χ0) is 28.4. The zero-order valence-electron chi connectivity index (χ0n) is 21.6. The lowest BCUT2D eigenvalue weighted by molar-refractivity contribution is -0.192. The van der Waals surface area contributed by atoms with Gasteiger partial charge in [-0.05, 0) is 57.1 Å². The lowest BCUT2D eigenvalue weighted by Gasteiger charge is -2.23. The average Bonchev–Trinajstić information content (AvgIpc) is 2.92. The number of methoxy groups -OCH3 is 2. The Morgan fingerprint density at radius 2 is 1.56 bits per heavy atom. The maximum absolute atomic E-state index is 10.6. The van der Waals surface area contributed by atoms with Crippen LogP contribution in [0, 0.1) is 6.92 Å². The van der Waals surface area contributed by atoms with Crippen LogP contribution >= 0.6 is 0 Å². The van der Waals surface area contributed by atoms with Crippen molar-refractivity contribution < 1.29 is 37.3 Å². The second kappa shape index (κ2) is 13.5. The highest BCUT2D eigenvalue weighted by Crippen LogP contribution is 2.29. The molecule has 3 aromatic rings. The Balaban J connectivity index is 0.000000532. The van der Waals surface area contributed by atoms with Crippen LogP contribution in [0.2, 0.25) is 0 Å². The summed E-state index contributed by atoms with van der Waals surface area (Å²) in [6.07, 6.45) is -0.957. The van der Waals surface area contributed by atoms with Gasteiger partial charge in [-0.15, -0.1) is 0 Å². The Morgan fingerprint density at radius 1 is 0.974 bits per heavy atom. The molecule has 0 unspecified atom stereocenters. The number of aromatic nitrogens is 2. The third-order valence-corrected chi connectivity index (χ3v) is 5.53. The van der Waals surface area contributed by atoms with Crippen molar-refractivity contribution in [1.82, 2.24) is 15.3 Å². The first-order chi connectivity index (χ1) is 18.6. The van der Waals surface area contributed by atoms with Crippen molar-refractivity contribution in [2.75, 3.05) is 37.9 Å². The number of carbonyl (C=O) groups is 1. The Hall–Kier alpha value is -4.26. The van der Waals surface area contributed by atoms with E-state index in [9.17, 15) is 13.2 Å². The molecule has 1 aromatic heterocycles. The lowest BCUT2D eigenvalue weighted by atomic mass is 10.1. The van der Waals surface area contributed by atoms with Crippen LogP contribution in [-0.4, -0.2) is 60.6 Å². The molecule has 10 nitrogen and oxygen atoms in total. The van der Waals surface area contributed by atoms with Gasteiger partial charge >= 0.3 is 12.1 Å². The molecule has 0 amide bonds. The molecule has 0 saturated carbocycles. The summed E-state index contributed by atoms with van der Waals surface area (Å²) in [4.78, 5) is 17.9. The van der Waals surface area contributed by atoms with E-state index in [1.54, 1.807) is 20.4 Å². The van der Waals surface area contributed by atoms with Gasteiger partial charge in [0.1, 0.15) is 29.2 Å². The maximum Gasteiger partial charge on any atom is 0.490 e. The van der Waals surface area contributed by atoms with E-state index in [2.05, 4.69) is 25.9 Å². The van der Waals surface area contributed by atoms with Crippen LogP contribution in [0.15, 0.2) is 48.7 Å². The van der Waals surface area contributed by atoms with Gasteiger partial charge in [0.2, 0.25) is 5.95 Å². The molecule has 39 heavy (non-hydrogen) atoms.